The molecular weight excluding hydrogens is 399 g/mol. The Labute approximate surface area is 153 Å². The van der Waals surface area contributed by atoms with E-state index in [1.54, 1.807) is 24.3 Å². The third-order valence-corrected chi connectivity index (χ3v) is 4.91. The molecule has 6 nitrogen and oxygen atoms in total. The Balaban J connectivity index is 1.93. The first-order chi connectivity index (χ1) is 11.3. The molecule has 24 heavy (non-hydrogen) atoms. The summed E-state index contributed by atoms with van der Waals surface area (Å²) in [6, 6.07) is 10.3. The molecule has 0 bridgehead atoms. The predicted octanol–water partition coefficient (Wildman–Crippen LogP) is 3.04. The number of halogens is 3. The number of hydrazine groups is 1. The van der Waals surface area contributed by atoms with E-state index in [1.807, 2.05) is 10.3 Å². The Kier molecular flexibility index (Phi) is 6.31. The van der Waals surface area contributed by atoms with Crippen LogP contribution >= 0.6 is 34.8 Å². The van der Waals surface area contributed by atoms with E-state index in [9.17, 15) is 13.2 Å². The molecule has 0 atom stereocenters. The van der Waals surface area contributed by atoms with Gasteiger partial charge in [0.2, 0.25) is 0 Å². The lowest BCUT2D eigenvalue weighted by atomic mass is 10.3. The second kappa shape index (κ2) is 8.04. The van der Waals surface area contributed by atoms with Crippen LogP contribution in [0.3, 0.4) is 0 Å². The number of sulfonamides is 1. The van der Waals surface area contributed by atoms with Crippen molar-refractivity contribution in [3.8, 4) is 5.75 Å². The Bertz CT molecular complexity index is 842. The number of nitrogens with one attached hydrogen (secondary N) is 2. The molecule has 0 aliphatic carbocycles. The van der Waals surface area contributed by atoms with Crippen molar-refractivity contribution in [2.75, 3.05) is 6.61 Å². The molecule has 2 aromatic rings. The topological polar surface area (TPSA) is 84.5 Å². The van der Waals surface area contributed by atoms with Crippen molar-refractivity contribution in [2.24, 2.45) is 0 Å². The molecule has 2 N–H and O–H groups in total. The normalized spacial score (nSPS) is 11.1. The lowest BCUT2D eigenvalue weighted by Crippen LogP contribution is -2.43. The van der Waals surface area contributed by atoms with Crippen LogP contribution < -0.4 is 15.0 Å². The summed E-state index contributed by atoms with van der Waals surface area (Å²) in [5.41, 5.74) is 2.02. The Morgan fingerprint density at radius 3 is 2.29 bits per heavy atom. The Morgan fingerprint density at radius 2 is 1.62 bits per heavy atom. The maximum atomic E-state index is 12.1. The molecular formula is C14H11Cl3N2O4S. The van der Waals surface area contributed by atoms with Gasteiger partial charge in [-0.25, -0.2) is 8.42 Å². The van der Waals surface area contributed by atoms with Gasteiger partial charge >= 0.3 is 0 Å². The van der Waals surface area contributed by atoms with Crippen LogP contribution in [-0.2, 0) is 14.8 Å². The second-order valence-corrected chi connectivity index (χ2v) is 7.40. The fourth-order valence-corrected chi connectivity index (χ4v) is 3.33. The average Bonchev–Trinajstić information content (AvgIpc) is 2.54. The van der Waals surface area contributed by atoms with Gasteiger partial charge in [0, 0.05) is 10.0 Å². The van der Waals surface area contributed by atoms with E-state index in [2.05, 4.69) is 0 Å². The molecule has 0 aliphatic rings. The van der Waals surface area contributed by atoms with Crippen LogP contribution in [0, 0.1) is 0 Å². The van der Waals surface area contributed by atoms with Crippen molar-refractivity contribution in [3.05, 3.63) is 57.5 Å². The van der Waals surface area contributed by atoms with Crippen LogP contribution in [0.1, 0.15) is 0 Å². The fraction of sp³-hybridized carbons (Fsp3) is 0.0714. The van der Waals surface area contributed by atoms with E-state index in [4.69, 9.17) is 39.5 Å². The van der Waals surface area contributed by atoms with Gasteiger partial charge in [-0.2, -0.15) is 0 Å². The summed E-state index contributed by atoms with van der Waals surface area (Å²) >= 11 is 17.3. The van der Waals surface area contributed by atoms with Gasteiger partial charge in [0.05, 0.1) is 5.02 Å². The molecule has 2 aromatic carbocycles. The van der Waals surface area contributed by atoms with E-state index >= 15 is 0 Å². The third kappa shape index (κ3) is 5.25. The number of hydrogen-bond donors (Lipinski definition) is 2. The van der Waals surface area contributed by atoms with Gasteiger partial charge in [0.25, 0.3) is 15.9 Å². The monoisotopic (exact) mass is 408 g/mol. The van der Waals surface area contributed by atoms with Crippen LogP contribution in [0.4, 0.5) is 0 Å². The minimum Gasteiger partial charge on any atom is -0.484 e. The van der Waals surface area contributed by atoms with Gasteiger partial charge in [-0.1, -0.05) is 34.8 Å². The molecule has 10 heteroatoms. The first-order valence-electron chi connectivity index (χ1n) is 6.42. The smallest absolute Gasteiger partial charge is 0.272 e. The summed E-state index contributed by atoms with van der Waals surface area (Å²) in [7, 11) is -4.07. The van der Waals surface area contributed by atoms with Crippen LogP contribution in [0.5, 0.6) is 5.75 Å². The average molecular weight is 410 g/mol. The van der Waals surface area contributed by atoms with Crippen LogP contribution in [-0.4, -0.2) is 20.9 Å². The molecule has 1 amide bonds. The van der Waals surface area contributed by atoms with Crippen LogP contribution in [0.2, 0.25) is 15.1 Å². The summed E-state index contributed by atoms with van der Waals surface area (Å²) in [5.74, 6) is -0.290. The van der Waals surface area contributed by atoms with Crippen molar-refractivity contribution in [2.45, 2.75) is 4.90 Å². The van der Waals surface area contributed by atoms with E-state index in [-0.39, 0.29) is 14.9 Å². The third-order valence-electron chi connectivity index (χ3n) is 2.69. The lowest BCUT2D eigenvalue weighted by molar-refractivity contribution is -0.123. The lowest BCUT2D eigenvalue weighted by Gasteiger charge is -2.10. The zero-order valence-corrected chi connectivity index (χ0v) is 15.0. The SMILES string of the molecule is O=C(COc1ccc(Cl)cc1)NNS(=O)(=O)c1cc(Cl)ccc1Cl. The Hall–Kier alpha value is -1.51. The molecule has 0 aromatic heterocycles. The van der Waals surface area contributed by atoms with Gasteiger partial charge in [-0.05, 0) is 42.5 Å². The molecule has 0 spiro atoms. The number of benzene rings is 2. The molecule has 0 unspecified atom stereocenters. The van der Waals surface area contributed by atoms with Gasteiger partial charge in [-0.15, -0.1) is 4.83 Å². The molecule has 0 heterocycles. The van der Waals surface area contributed by atoms with Crippen molar-refractivity contribution in [1.29, 1.82) is 0 Å². The number of carbonyl (C=O) groups is 1. The number of carbonyl (C=O) groups excluding carboxylic acids is 1. The molecule has 2 rings (SSSR count). The molecule has 0 radical (unpaired) electrons. The highest BCUT2D eigenvalue weighted by molar-refractivity contribution is 7.89. The van der Waals surface area contributed by atoms with Gasteiger partial charge in [0.15, 0.2) is 6.61 Å². The summed E-state index contributed by atoms with van der Waals surface area (Å²) in [6.07, 6.45) is 0. The molecule has 0 fully saturated rings. The van der Waals surface area contributed by atoms with Crippen molar-refractivity contribution in [1.82, 2.24) is 10.3 Å². The minimum absolute atomic E-state index is 0.0291. The van der Waals surface area contributed by atoms with E-state index in [0.717, 1.165) is 0 Å². The van der Waals surface area contributed by atoms with Gasteiger partial charge in [-0.3, -0.25) is 10.2 Å². The molecule has 0 aliphatic heterocycles. The minimum atomic E-state index is -4.07. The van der Waals surface area contributed by atoms with Crippen LogP contribution in [0.25, 0.3) is 0 Å². The highest BCUT2D eigenvalue weighted by Crippen LogP contribution is 2.24. The highest BCUT2D eigenvalue weighted by atomic mass is 35.5. The zero-order valence-electron chi connectivity index (χ0n) is 11.9. The highest BCUT2D eigenvalue weighted by Gasteiger charge is 2.19. The summed E-state index contributed by atoms with van der Waals surface area (Å²) in [6.45, 7) is -0.395. The Morgan fingerprint density at radius 1 is 1.00 bits per heavy atom. The molecule has 0 saturated carbocycles. The number of rotatable bonds is 6. The standard InChI is InChI=1S/C14H11Cl3N2O4S/c15-9-1-4-11(5-2-9)23-8-14(20)18-19-24(21,22)13-7-10(16)3-6-12(13)17/h1-7,19H,8H2,(H,18,20). The molecule has 128 valence electrons. The van der Waals surface area contributed by atoms with Crippen molar-refractivity contribution >= 4 is 50.7 Å². The van der Waals surface area contributed by atoms with Crippen molar-refractivity contribution < 1.29 is 17.9 Å². The first kappa shape index (κ1) is 18.8. The van der Waals surface area contributed by atoms with Crippen molar-refractivity contribution in [3.63, 3.8) is 0 Å². The van der Waals surface area contributed by atoms with E-state index in [1.165, 1.54) is 18.2 Å². The number of ether oxygens (including phenoxy) is 1. The number of hydrogen-bond acceptors (Lipinski definition) is 4. The van der Waals surface area contributed by atoms with E-state index in [0.29, 0.717) is 10.8 Å². The quantitative estimate of drug-likeness (QED) is 0.718. The maximum Gasteiger partial charge on any atom is 0.272 e. The van der Waals surface area contributed by atoms with Crippen LogP contribution in [0.15, 0.2) is 47.4 Å². The van der Waals surface area contributed by atoms with E-state index < -0.39 is 22.5 Å². The summed E-state index contributed by atoms with van der Waals surface area (Å²) in [5, 5.41) is 0.689. The van der Waals surface area contributed by atoms with Gasteiger partial charge in [0.1, 0.15) is 10.6 Å². The second-order valence-electron chi connectivity index (χ2n) is 4.47. The first-order valence-corrected chi connectivity index (χ1v) is 9.04. The zero-order chi connectivity index (χ0) is 17.7. The van der Waals surface area contributed by atoms with Gasteiger partial charge < -0.3 is 4.74 Å². The summed E-state index contributed by atoms with van der Waals surface area (Å²) in [4.78, 5) is 13.3. The predicted molar refractivity (Wildman–Crippen MR) is 91.9 cm³/mol. The number of amides is 1. The fourth-order valence-electron chi connectivity index (χ4n) is 1.58. The summed E-state index contributed by atoms with van der Waals surface area (Å²) < 4.78 is 29.4. The largest absolute Gasteiger partial charge is 0.484 e. The molecule has 0 saturated heterocycles. The maximum absolute atomic E-state index is 12.1.